The standard InChI is InChI=1S/C25H31NO6S/c1-16(2)32-25(29)23-19-12-11-17(3)14-20(19)33-24(23)26-21(27)15-31-22(28)10-7-13-30-18-8-5-4-6-9-18/h4-6,8-9,16-17H,7,10-15H2,1-3H3,(H,26,27). The minimum absolute atomic E-state index is 0.150. The van der Waals surface area contributed by atoms with Gasteiger partial charge in [0.1, 0.15) is 10.8 Å². The lowest BCUT2D eigenvalue weighted by molar-refractivity contribution is -0.147. The van der Waals surface area contributed by atoms with Gasteiger partial charge in [0.05, 0.1) is 18.3 Å². The first kappa shape index (κ1) is 24.8. The van der Waals surface area contributed by atoms with Crippen LogP contribution in [0.4, 0.5) is 5.00 Å². The Morgan fingerprint density at radius 2 is 1.94 bits per heavy atom. The van der Waals surface area contributed by atoms with Gasteiger partial charge < -0.3 is 19.5 Å². The van der Waals surface area contributed by atoms with E-state index in [2.05, 4.69) is 12.2 Å². The summed E-state index contributed by atoms with van der Waals surface area (Å²) in [6.07, 6.45) is 3.02. The summed E-state index contributed by atoms with van der Waals surface area (Å²) >= 11 is 1.41. The molecule has 1 heterocycles. The predicted molar refractivity (Wildman–Crippen MR) is 127 cm³/mol. The molecule has 1 aromatic heterocycles. The molecule has 1 aromatic carbocycles. The molecule has 0 spiro atoms. The molecule has 0 fully saturated rings. The topological polar surface area (TPSA) is 90.9 Å². The molecule has 0 radical (unpaired) electrons. The van der Waals surface area contributed by atoms with Crippen LogP contribution in [0.1, 0.15) is 60.8 Å². The second-order valence-electron chi connectivity index (χ2n) is 8.48. The van der Waals surface area contributed by atoms with Gasteiger partial charge in [-0.15, -0.1) is 11.3 Å². The summed E-state index contributed by atoms with van der Waals surface area (Å²) in [6.45, 7) is 5.74. The number of amides is 1. The Kier molecular flexibility index (Phi) is 8.88. The van der Waals surface area contributed by atoms with Crippen molar-refractivity contribution in [1.29, 1.82) is 0 Å². The number of nitrogens with one attached hydrogen (secondary N) is 1. The van der Waals surface area contributed by atoms with Crippen molar-refractivity contribution in [3.63, 3.8) is 0 Å². The summed E-state index contributed by atoms with van der Waals surface area (Å²) in [4.78, 5) is 38.3. The Bertz CT molecular complexity index is 969. The lowest BCUT2D eigenvalue weighted by Crippen LogP contribution is -2.22. The molecule has 33 heavy (non-hydrogen) atoms. The molecule has 8 heteroatoms. The van der Waals surface area contributed by atoms with Gasteiger partial charge in [0.25, 0.3) is 5.91 Å². The van der Waals surface area contributed by atoms with Crippen LogP contribution in [0.2, 0.25) is 0 Å². The maximum atomic E-state index is 12.7. The van der Waals surface area contributed by atoms with E-state index in [0.29, 0.717) is 29.5 Å². The van der Waals surface area contributed by atoms with Gasteiger partial charge in [-0.25, -0.2) is 4.79 Å². The van der Waals surface area contributed by atoms with Crippen molar-refractivity contribution in [1.82, 2.24) is 0 Å². The van der Waals surface area contributed by atoms with E-state index in [-0.39, 0.29) is 12.5 Å². The number of carbonyl (C=O) groups is 3. The molecule has 3 rings (SSSR count). The molecular weight excluding hydrogens is 442 g/mol. The molecule has 1 unspecified atom stereocenters. The Labute approximate surface area is 198 Å². The van der Waals surface area contributed by atoms with E-state index in [0.717, 1.165) is 35.5 Å². The van der Waals surface area contributed by atoms with Gasteiger partial charge >= 0.3 is 11.9 Å². The van der Waals surface area contributed by atoms with E-state index in [9.17, 15) is 14.4 Å². The van der Waals surface area contributed by atoms with Crippen LogP contribution in [0.5, 0.6) is 5.75 Å². The molecule has 178 valence electrons. The molecule has 1 N–H and O–H groups in total. The molecule has 1 aliphatic carbocycles. The van der Waals surface area contributed by atoms with Crippen LogP contribution in [0.3, 0.4) is 0 Å². The highest BCUT2D eigenvalue weighted by molar-refractivity contribution is 7.17. The van der Waals surface area contributed by atoms with Crippen LogP contribution in [-0.2, 0) is 31.9 Å². The molecule has 0 bridgehead atoms. The van der Waals surface area contributed by atoms with Crippen LogP contribution < -0.4 is 10.1 Å². The second-order valence-corrected chi connectivity index (χ2v) is 9.59. The number of ether oxygens (including phenoxy) is 3. The number of hydrogen-bond donors (Lipinski definition) is 1. The predicted octanol–water partition coefficient (Wildman–Crippen LogP) is 4.78. The number of hydrogen-bond acceptors (Lipinski definition) is 7. The first-order valence-corrected chi connectivity index (χ1v) is 12.1. The normalized spacial score (nSPS) is 15.0. The summed E-state index contributed by atoms with van der Waals surface area (Å²) in [5, 5.41) is 3.23. The van der Waals surface area contributed by atoms with Gasteiger partial charge in [0, 0.05) is 11.3 Å². The van der Waals surface area contributed by atoms with Crippen LogP contribution in [0.25, 0.3) is 0 Å². The van der Waals surface area contributed by atoms with Crippen LogP contribution in [0.15, 0.2) is 30.3 Å². The van der Waals surface area contributed by atoms with Gasteiger partial charge in [-0.05, 0) is 63.1 Å². The van der Waals surface area contributed by atoms with Crippen molar-refractivity contribution in [3.05, 3.63) is 46.3 Å². The van der Waals surface area contributed by atoms with E-state index >= 15 is 0 Å². The number of benzene rings is 1. The number of esters is 2. The smallest absolute Gasteiger partial charge is 0.341 e. The zero-order valence-electron chi connectivity index (χ0n) is 19.3. The molecule has 0 aliphatic heterocycles. The van der Waals surface area contributed by atoms with Gasteiger partial charge in [-0.2, -0.15) is 0 Å². The molecular formula is C25H31NO6S. The number of thiophene rings is 1. The number of anilines is 1. The quantitative estimate of drug-likeness (QED) is 0.395. The zero-order chi connectivity index (χ0) is 23.8. The van der Waals surface area contributed by atoms with Crippen molar-refractivity contribution in [3.8, 4) is 5.75 Å². The fourth-order valence-corrected chi connectivity index (χ4v) is 5.05. The average Bonchev–Trinajstić information content (AvgIpc) is 3.12. The molecule has 0 saturated heterocycles. The maximum Gasteiger partial charge on any atom is 0.341 e. The number of fused-ring (bicyclic) bond motifs is 1. The third-order valence-corrected chi connectivity index (χ3v) is 6.38. The Hall–Kier alpha value is -2.87. The highest BCUT2D eigenvalue weighted by atomic mass is 32.1. The minimum Gasteiger partial charge on any atom is -0.494 e. The highest BCUT2D eigenvalue weighted by Crippen LogP contribution is 2.40. The Morgan fingerprint density at radius 1 is 1.18 bits per heavy atom. The van der Waals surface area contributed by atoms with Crippen molar-refractivity contribution < 1.29 is 28.6 Å². The summed E-state index contributed by atoms with van der Waals surface area (Å²) in [6, 6.07) is 9.34. The fourth-order valence-electron chi connectivity index (χ4n) is 3.63. The van der Waals surface area contributed by atoms with Crippen molar-refractivity contribution in [2.24, 2.45) is 5.92 Å². The van der Waals surface area contributed by atoms with Crippen molar-refractivity contribution in [2.45, 2.75) is 59.0 Å². The zero-order valence-corrected chi connectivity index (χ0v) is 20.2. The van der Waals surface area contributed by atoms with Gasteiger partial charge in [0.15, 0.2) is 6.61 Å². The third kappa shape index (κ3) is 7.32. The van der Waals surface area contributed by atoms with Crippen molar-refractivity contribution in [2.75, 3.05) is 18.5 Å². The number of para-hydroxylation sites is 1. The first-order chi connectivity index (χ1) is 15.8. The molecule has 1 atom stereocenters. The summed E-state index contributed by atoms with van der Waals surface area (Å²) in [5.74, 6) is -0.108. The number of rotatable bonds is 10. The van der Waals surface area contributed by atoms with Crippen molar-refractivity contribution >= 4 is 34.2 Å². The number of carbonyl (C=O) groups excluding carboxylic acids is 3. The molecule has 7 nitrogen and oxygen atoms in total. The molecule has 1 aliphatic rings. The molecule has 0 saturated carbocycles. The lowest BCUT2D eigenvalue weighted by Gasteiger charge is -2.18. The largest absolute Gasteiger partial charge is 0.494 e. The van der Waals surface area contributed by atoms with Gasteiger partial charge in [-0.1, -0.05) is 25.1 Å². The maximum absolute atomic E-state index is 12.7. The van der Waals surface area contributed by atoms with E-state index in [1.165, 1.54) is 11.3 Å². The average molecular weight is 474 g/mol. The summed E-state index contributed by atoms with van der Waals surface area (Å²) < 4.78 is 16.1. The Morgan fingerprint density at radius 3 is 2.67 bits per heavy atom. The van der Waals surface area contributed by atoms with E-state index < -0.39 is 24.5 Å². The summed E-state index contributed by atoms with van der Waals surface area (Å²) in [5.41, 5.74) is 1.41. The molecule has 2 aromatic rings. The molecule has 1 amide bonds. The first-order valence-electron chi connectivity index (χ1n) is 11.3. The highest BCUT2D eigenvalue weighted by Gasteiger charge is 2.29. The second kappa shape index (κ2) is 11.8. The monoisotopic (exact) mass is 473 g/mol. The minimum atomic E-state index is -0.478. The van der Waals surface area contributed by atoms with Crippen LogP contribution >= 0.6 is 11.3 Å². The third-order valence-electron chi connectivity index (χ3n) is 5.21. The lowest BCUT2D eigenvalue weighted by atomic mass is 9.88. The van der Waals surface area contributed by atoms with Crippen LogP contribution in [-0.4, -0.2) is 37.2 Å². The van der Waals surface area contributed by atoms with Gasteiger partial charge in [0.2, 0.25) is 0 Å². The van der Waals surface area contributed by atoms with E-state index in [4.69, 9.17) is 14.2 Å². The van der Waals surface area contributed by atoms with E-state index in [1.807, 2.05) is 30.3 Å². The summed E-state index contributed by atoms with van der Waals surface area (Å²) in [7, 11) is 0. The van der Waals surface area contributed by atoms with E-state index in [1.54, 1.807) is 13.8 Å². The SMILES string of the molecule is CC1CCc2c(sc(NC(=O)COC(=O)CCCOc3ccccc3)c2C(=O)OC(C)C)C1. The Balaban J connectivity index is 1.51. The van der Waals surface area contributed by atoms with Gasteiger partial charge in [-0.3, -0.25) is 9.59 Å². The van der Waals surface area contributed by atoms with Crippen LogP contribution in [0, 0.1) is 5.92 Å². The fraction of sp³-hybridized carbons (Fsp3) is 0.480.